The van der Waals surface area contributed by atoms with E-state index in [2.05, 4.69) is 12.2 Å². The topological polar surface area (TPSA) is 55.1 Å². The maximum Gasteiger partial charge on any atom is 0.252 e. The molecular weight excluding hydrogens is 244 g/mol. The zero-order valence-electron chi connectivity index (χ0n) is 11.0. The number of carbonyl (C=O) groups is 1. The molecule has 0 saturated carbocycles. The number of unbranched alkanes of at least 4 members (excludes halogenated alkanes) is 1. The number of hydrogen-bond acceptors (Lipinski definition) is 3. The first kappa shape index (κ1) is 13.6. The SMILES string of the molecule is CC1CCc2c(C(=O)NCCCCN)csc2C1. The Morgan fingerprint density at radius 2 is 2.39 bits per heavy atom. The number of rotatable bonds is 5. The number of nitrogens with two attached hydrogens (primary N) is 1. The van der Waals surface area contributed by atoms with Gasteiger partial charge in [0.1, 0.15) is 0 Å². The van der Waals surface area contributed by atoms with Gasteiger partial charge in [0.25, 0.3) is 5.91 Å². The van der Waals surface area contributed by atoms with Gasteiger partial charge in [-0.2, -0.15) is 0 Å². The van der Waals surface area contributed by atoms with E-state index in [0.717, 1.165) is 43.7 Å². The summed E-state index contributed by atoms with van der Waals surface area (Å²) in [6, 6.07) is 0. The van der Waals surface area contributed by atoms with E-state index in [9.17, 15) is 4.79 Å². The smallest absolute Gasteiger partial charge is 0.252 e. The summed E-state index contributed by atoms with van der Waals surface area (Å²) in [7, 11) is 0. The summed E-state index contributed by atoms with van der Waals surface area (Å²) in [6.45, 7) is 3.72. The van der Waals surface area contributed by atoms with Crippen molar-refractivity contribution in [3.8, 4) is 0 Å². The third-order valence-electron chi connectivity index (χ3n) is 3.56. The second-order valence-electron chi connectivity index (χ2n) is 5.15. The predicted molar refractivity (Wildman–Crippen MR) is 76.1 cm³/mol. The molecule has 18 heavy (non-hydrogen) atoms. The van der Waals surface area contributed by atoms with E-state index >= 15 is 0 Å². The van der Waals surface area contributed by atoms with E-state index in [1.165, 1.54) is 16.9 Å². The number of thiophene rings is 1. The molecule has 1 amide bonds. The lowest BCUT2D eigenvalue weighted by atomic mass is 9.88. The van der Waals surface area contributed by atoms with Gasteiger partial charge in [-0.1, -0.05) is 6.92 Å². The monoisotopic (exact) mass is 266 g/mol. The van der Waals surface area contributed by atoms with Crippen molar-refractivity contribution in [3.05, 3.63) is 21.4 Å². The van der Waals surface area contributed by atoms with Crippen LogP contribution in [0.25, 0.3) is 0 Å². The summed E-state index contributed by atoms with van der Waals surface area (Å²) >= 11 is 1.75. The Kier molecular flexibility index (Phi) is 4.78. The van der Waals surface area contributed by atoms with Crippen LogP contribution in [0.1, 0.15) is 47.0 Å². The van der Waals surface area contributed by atoms with Crippen LogP contribution in [0.2, 0.25) is 0 Å². The first-order valence-electron chi connectivity index (χ1n) is 6.80. The zero-order chi connectivity index (χ0) is 13.0. The Bertz CT molecular complexity index is 414. The van der Waals surface area contributed by atoms with Crippen LogP contribution in [0.4, 0.5) is 0 Å². The van der Waals surface area contributed by atoms with Crippen LogP contribution in [-0.4, -0.2) is 19.0 Å². The largest absolute Gasteiger partial charge is 0.352 e. The van der Waals surface area contributed by atoms with Gasteiger partial charge in [-0.25, -0.2) is 0 Å². The minimum Gasteiger partial charge on any atom is -0.352 e. The standard InChI is InChI=1S/C14H22N2OS/c1-10-4-5-11-12(9-18-13(11)8-10)14(17)16-7-3-2-6-15/h9-10H,2-8,15H2,1H3,(H,16,17). The van der Waals surface area contributed by atoms with Crippen LogP contribution in [-0.2, 0) is 12.8 Å². The zero-order valence-corrected chi connectivity index (χ0v) is 11.8. The second-order valence-corrected chi connectivity index (χ2v) is 6.11. The van der Waals surface area contributed by atoms with Crippen LogP contribution < -0.4 is 11.1 Å². The number of amides is 1. The highest BCUT2D eigenvalue weighted by Gasteiger charge is 2.22. The van der Waals surface area contributed by atoms with Gasteiger partial charge in [0, 0.05) is 16.8 Å². The molecule has 3 N–H and O–H groups in total. The minimum absolute atomic E-state index is 0.0964. The maximum atomic E-state index is 12.1. The van der Waals surface area contributed by atoms with Gasteiger partial charge < -0.3 is 11.1 Å². The quantitative estimate of drug-likeness (QED) is 0.804. The van der Waals surface area contributed by atoms with Crippen LogP contribution in [0, 0.1) is 5.92 Å². The van der Waals surface area contributed by atoms with Crippen molar-refractivity contribution in [3.63, 3.8) is 0 Å². The third-order valence-corrected chi connectivity index (χ3v) is 4.61. The lowest BCUT2D eigenvalue weighted by Gasteiger charge is -2.18. The maximum absolute atomic E-state index is 12.1. The molecule has 1 heterocycles. The Balaban J connectivity index is 1.95. The lowest BCUT2D eigenvalue weighted by molar-refractivity contribution is 0.0952. The molecule has 2 rings (SSSR count). The van der Waals surface area contributed by atoms with Crippen molar-refractivity contribution < 1.29 is 4.79 Å². The predicted octanol–water partition coefficient (Wildman–Crippen LogP) is 2.34. The van der Waals surface area contributed by atoms with Gasteiger partial charge in [-0.3, -0.25) is 4.79 Å². The molecule has 0 radical (unpaired) electrons. The number of fused-ring (bicyclic) bond motifs is 1. The molecule has 0 saturated heterocycles. The molecule has 0 fully saturated rings. The lowest BCUT2D eigenvalue weighted by Crippen LogP contribution is -2.26. The van der Waals surface area contributed by atoms with E-state index in [4.69, 9.17) is 5.73 Å². The second kappa shape index (κ2) is 6.34. The van der Waals surface area contributed by atoms with Gasteiger partial charge >= 0.3 is 0 Å². The number of hydrogen-bond donors (Lipinski definition) is 2. The average Bonchev–Trinajstić information content (AvgIpc) is 2.77. The minimum atomic E-state index is 0.0964. The molecule has 0 bridgehead atoms. The Morgan fingerprint density at radius 1 is 1.56 bits per heavy atom. The molecule has 0 spiro atoms. The van der Waals surface area contributed by atoms with Gasteiger partial charge in [0.2, 0.25) is 0 Å². The molecule has 1 aliphatic rings. The van der Waals surface area contributed by atoms with Gasteiger partial charge in [-0.15, -0.1) is 11.3 Å². The summed E-state index contributed by atoms with van der Waals surface area (Å²) in [5, 5.41) is 5.02. The first-order chi connectivity index (χ1) is 8.72. The molecule has 1 aromatic rings. The van der Waals surface area contributed by atoms with Gasteiger partial charge in [0.15, 0.2) is 0 Å². The van der Waals surface area contributed by atoms with E-state index in [0.29, 0.717) is 6.54 Å². The molecule has 100 valence electrons. The van der Waals surface area contributed by atoms with E-state index in [1.54, 1.807) is 11.3 Å². The van der Waals surface area contributed by atoms with E-state index < -0.39 is 0 Å². The number of nitrogens with one attached hydrogen (secondary N) is 1. The fraction of sp³-hybridized carbons (Fsp3) is 0.643. The Morgan fingerprint density at radius 3 is 3.17 bits per heavy atom. The summed E-state index contributed by atoms with van der Waals surface area (Å²) in [5.41, 5.74) is 7.65. The molecule has 1 unspecified atom stereocenters. The van der Waals surface area contributed by atoms with Crippen LogP contribution >= 0.6 is 11.3 Å². The van der Waals surface area contributed by atoms with Crippen molar-refractivity contribution >= 4 is 17.2 Å². The molecular formula is C14H22N2OS. The average molecular weight is 266 g/mol. The Hall–Kier alpha value is -0.870. The Labute approximate surface area is 113 Å². The molecule has 3 nitrogen and oxygen atoms in total. The van der Waals surface area contributed by atoms with Crippen molar-refractivity contribution in [2.75, 3.05) is 13.1 Å². The molecule has 4 heteroatoms. The van der Waals surface area contributed by atoms with Crippen LogP contribution in [0.5, 0.6) is 0 Å². The highest BCUT2D eigenvalue weighted by atomic mass is 32.1. The van der Waals surface area contributed by atoms with Crippen molar-refractivity contribution in [1.82, 2.24) is 5.32 Å². The summed E-state index contributed by atoms with van der Waals surface area (Å²) in [5.74, 6) is 0.857. The molecule has 0 aromatic carbocycles. The van der Waals surface area contributed by atoms with Crippen LogP contribution in [0.3, 0.4) is 0 Å². The molecule has 1 aliphatic carbocycles. The van der Waals surface area contributed by atoms with Crippen molar-refractivity contribution in [1.29, 1.82) is 0 Å². The fourth-order valence-corrected chi connectivity index (χ4v) is 3.68. The summed E-state index contributed by atoms with van der Waals surface area (Å²) < 4.78 is 0. The van der Waals surface area contributed by atoms with Crippen molar-refractivity contribution in [2.24, 2.45) is 11.7 Å². The first-order valence-corrected chi connectivity index (χ1v) is 7.68. The normalized spacial score (nSPS) is 18.4. The fourth-order valence-electron chi connectivity index (χ4n) is 2.43. The highest BCUT2D eigenvalue weighted by molar-refractivity contribution is 7.10. The van der Waals surface area contributed by atoms with Gasteiger partial charge in [-0.05, 0) is 50.1 Å². The van der Waals surface area contributed by atoms with E-state index in [1.807, 2.05) is 5.38 Å². The number of carbonyl (C=O) groups excluding carboxylic acids is 1. The highest BCUT2D eigenvalue weighted by Crippen LogP contribution is 2.32. The third kappa shape index (κ3) is 3.12. The summed E-state index contributed by atoms with van der Waals surface area (Å²) in [6.07, 6.45) is 5.34. The van der Waals surface area contributed by atoms with Gasteiger partial charge in [0.05, 0.1) is 5.56 Å². The molecule has 0 aliphatic heterocycles. The van der Waals surface area contributed by atoms with Crippen molar-refractivity contribution in [2.45, 2.75) is 39.0 Å². The van der Waals surface area contributed by atoms with Crippen LogP contribution in [0.15, 0.2) is 5.38 Å². The molecule has 1 atom stereocenters. The molecule has 1 aromatic heterocycles. The van der Waals surface area contributed by atoms with E-state index in [-0.39, 0.29) is 5.91 Å². The summed E-state index contributed by atoms with van der Waals surface area (Å²) in [4.78, 5) is 13.5.